The van der Waals surface area contributed by atoms with Crippen molar-refractivity contribution in [3.63, 3.8) is 0 Å². The third-order valence-electron chi connectivity index (χ3n) is 3.85. The lowest BCUT2D eigenvalue weighted by Gasteiger charge is -2.47. The van der Waals surface area contributed by atoms with E-state index in [0.717, 1.165) is 17.3 Å². The molecule has 1 saturated heterocycles. The first kappa shape index (κ1) is 12.4. The first-order chi connectivity index (χ1) is 6.72. The molecule has 0 bridgehead atoms. The zero-order valence-corrected chi connectivity index (χ0v) is 11.1. The number of hydrogen-bond acceptors (Lipinski definition) is 1. The molecule has 0 unspecified atom stereocenters. The Balaban J connectivity index is 0.000000461. The van der Waals surface area contributed by atoms with Crippen LogP contribution in [0.1, 0.15) is 53.4 Å². The predicted octanol–water partition coefficient (Wildman–Crippen LogP) is 4.59. The lowest BCUT2D eigenvalue weighted by atomic mass is 9.69. The summed E-state index contributed by atoms with van der Waals surface area (Å²) in [4.78, 5) is 0. The van der Waals surface area contributed by atoms with Gasteiger partial charge in [-0.3, -0.25) is 0 Å². The molecular formula is C13H26S. The molecule has 1 heterocycles. The fourth-order valence-corrected chi connectivity index (χ4v) is 3.96. The van der Waals surface area contributed by atoms with Crippen molar-refractivity contribution in [2.75, 3.05) is 11.5 Å². The molecule has 0 atom stereocenters. The Morgan fingerprint density at radius 3 is 1.86 bits per heavy atom. The minimum atomic E-state index is 0.829. The van der Waals surface area contributed by atoms with Crippen LogP contribution in [0, 0.1) is 17.3 Å². The second-order valence-corrected chi connectivity index (χ2v) is 6.06. The van der Waals surface area contributed by atoms with Gasteiger partial charge in [-0.15, -0.1) is 0 Å². The van der Waals surface area contributed by atoms with Gasteiger partial charge in [0.15, 0.2) is 0 Å². The van der Waals surface area contributed by atoms with Gasteiger partial charge in [-0.2, -0.15) is 11.8 Å². The molecule has 0 nitrogen and oxygen atoms in total. The summed E-state index contributed by atoms with van der Waals surface area (Å²) in [5.74, 6) is 4.91. The maximum absolute atomic E-state index is 2.39. The van der Waals surface area contributed by atoms with E-state index in [1.807, 2.05) is 13.8 Å². The van der Waals surface area contributed by atoms with E-state index in [0.29, 0.717) is 0 Å². The third kappa shape index (κ3) is 2.68. The van der Waals surface area contributed by atoms with Crippen molar-refractivity contribution < 1.29 is 0 Å². The monoisotopic (exact) mass is 214 g/mol. The Hall–Kier alpha value is 0.350. The molecule has 0 amide bonds. The van der Waals surface area contributed by atoms with Gasteiger partial charge in [0.1, 0.15) is 0 Å². The Labute approximate surface area is 94.2 Å². The van der Waals surface area contributed by atoms with Crippen LogP contribution < -0.4 is 0 Å². The quantitative estimate of drug-likeness (QED) is 0.615. The molecule has 2 rings (SSSR count). The highest BCUT2D eigenvalue weighted by Gasteiger charge is 2.40. The summed E-state index contributed by atoms with van der Waals surface area (Å²) < 4.78 is 0. The van der Waals surface area contributed by atoms with E-state index in [-0.39, 0.29) is 0 Å². The first-order valence-electron chi connectivity index (χ1n) is 6.30. The van der Waals surface area contributed by atoms with Crippen LogP contribution in [0.3, 0.4) is 0 Å². The normalized spacial score (nSPS) is 25.5. The van der Waals surface area contributed by atoms with Crippen molar-refractivity contribution in [1.82, 2.24) is 0 Å². The predicted molar refractivity (Wildman–Crippen MR) is 67.9 cm³/mol. The van der Waals surface area contributed by atoms with Gasteiger partial charge in [-0.1, -0.05) is 27.7 Å². The average Bonchev–Trinajstić information content (AvgIpc) is 2.19. The minimum absolute atomic E-state index is 0.829. The topological polar surface area (TPSA) is 0 Å². The number of rotatable bonds is 1. The zero-order valence-electron chi connectivity index (χ0n) is 10.3. The Kier molecular flexibility index (Phi) is 4.82. The molecule has 0 N–H and O–H groups in total. The Morgan fingerprint density at radius 1 is 1.07 bits per heavy atom. The van der Waals surface area contributed by atoms with Crippen LogP contribution in [0.4, 0.5) is 0 Å². The minimum Gasteiger partial charge on any atom is -0.161 e. The van der Waals surface area contributed by atoms with E-state index < -0.39 is 0 Å². The highest BCUT2D eigenvalue weighted by molar-refractivity contribution is 8.00. The largest absolute Gasteiger partial charge is 0.161 e. The van der Waals surface area contributed by atoms with Gasteiger partial charge in [0.05, 0.1) is 0 Å². The van der Waals surface area contributed by atoms with E-state index >= 15 is 0 Å². The van der Waals surface area contributed by atoms with Gasteiger partial charge >= 0.3 is 0 Å². The van der Waals surface area contributed by atoms with Gasteiger partial charge in [0, 0.05) is 0 Å². The summed E-state index contributed by atoms with van der Waals surface area (Å²) in [6, 6.07) is 0. The summed E-state index contributed by atoms with van der Waals surface area (Å²) >= 11 is 2.15. The summed E-state index contributed by atoms with van der Waals surface area (Å²) in [6.07, 6.45) is 6.09. The van der Waals surface area contributed by atoms with Gasteiger partial charge in [0.25, 0.3) is 0 Å². The maximum Gasteiger partial charge on any atom is -0.000269 e. The van der Waals surface area contributed by atoms with E-state index in [9.17, 15) is 0 Å². The van der Waals surface area contributed by atoms with Crippen molar-refractivity contribution in [3.05, 3.63) is 0 Å². The number of thioether (sulfide) groups is 1. The molecular weight excluding hydrogens is 188 g/mol. The van der Waals surface area contributed by atoms with Gasteiger partial charge in [-0.05, 0) is 54.4 Å². The molecule has 1 saturated carbocycles. The molecule has 14 heavy (non-hydrogen) atoms. The Bertz CT molecular complexity index is 149. The molecule has 0 aromatic carbocycles. The highest BCUT2D eigenvalue weighted by Crippen LogP contribution is 2.50. The van der Waals surface area contributed by atoms with Gasteiger partial charge in [-0.25, -0.2) is 0 Å². The van der Waals surface area contributed by atoms with Gasteiger partial charge < -0.3 is 0 Å². The van der Waals surface area contributed by atoms with Crippen LogP contribution >= 0.6 is 11.8 Å². The standard InChI is InChI=1S/C11H20S.C2H6/c1-9(2)10-3-5-11(6-4-10)7-12-8-11;1-2/h9-10H,3-8H2,1-2H3;1-2H3. The highest BCUT2D eigenvalue weighted by atomic mass is 32.2. The van der Waals surface area contributed by atoms with Crippen LogP contribution in [-0.4, -0.2) is 11.5 Å². The third-order valence-corrected chi connectivity index (χ3v) is 5.48. The second kappa shape index (κ2) is 5.44. The SMILES string of the molecule is CC.CC(C)C1CCC2(CC1)CSC2. The molecule has 0 aromatic rings. The molecule has 2 aliphatic rings. The van der Waals surface area contributed by atoms with Gasteiger partial charge in [0.2, 0.25) is 0 Å². The van der Waals surface area contributed by atoms with E-state index in [1.54, 1.807) is 0 Å². The van der Waals surface area contributed by atoms with E-state index in [2.05, 4.69) is 25.6 Å². The summed E-state index contributed by atoms with van der Waals surface area (Å²) in [7, 11) is 0. The van der Waals surface area contributed by atoms with Crippen LogP contribution in [-0.2, 0) is 0 Å². The summed E-state index contributed by atoms with van der Waals surface area (Å²) in [5.41, 5.74) is 0.829. The fraction of sp³-hybridized carbons (Fsp3) is 1.00. The lowest BCUT2D eigenvalue weighted by Crippen LogP contribution is -2.39. The van der Waals surface area contributed by atoms with Crippen molar-refractivity contribution in [2.24, 2.45) is 17.3 Å². The zero-order chi connectivity index (χ0) is 10.6. The smallest absolute Gasteiger partial charge is 0.000269 e. The molecule has 2 fully saturated rings. The van der Waals surface area contributed by atoms with Crippen molar-refractivity contribution in [2.45, 2.75) is 53.4 Å². The average molecular weight is 214 g/mol. The second-order valence-electron chi connectivity index (χ2n) is 5.07. The molecule has 1 aliphatic heterocycles. The van der Waals surface area contributed by atoms with Crippen molar-refractivity contribution in [1.29, 1.82) is 0 Å². The molecule has 1 spiro atoms. The fourth-order valence-electron chi connectivity index (χ4n) is 2.60. The van der Waals surface area contributed by atoms with Crippen LogP contribution in [0.2, 0.25) is 0 Å². The molecule has 1 heteroatoms. The van der Waals surface area contributed by atoms with E-state index in [4.69, 9.17) is 0 Å². The number of hydrogen-bond donors (Lipinski definition) is 0. The Morgan fingerprint density at radius 2 is 1.57 bits per heavy atom. The van der Waals surface area contributed by atoms with Crippen molar-refractivity contribution in [3.8, 4) is 0 Å². The van der Waals surface area contributed by atoms with Crippen LogP contribution in [0.15, 0.2) is 0 Å². The van der Waals surface area contributed by atoms with Crippen LogP contribution in [0.25, 0.3) is 0 Å². The molecule has 1 aliphatic carbocycles. The molecule has 84 valence electrons. The van der Waals surface area contributed by atoms with Crippen molar-refractivity contribution >= 4 is 11.8 Å². The molecule has 0 radical (unpaired) electrons. The van der Waals surface area contributed by atoms with Crippen LogP contribution in [0.5, 0.6) is 0 Å². The first-order valence-corrected chi connectivity index (χ1v) is 7.45. The summed E-state index contributed by atoms with van der Waals surface area (Å²) in [6.45, 7) is 8.77. The lowest BCUT2D eigenvalue weighted by molar-refractivity contribution is 0.159. The maximum atomic E-state index is 2.39. The van der Waals surface area contributed by atoms with E-state index in [1.165, 1.54) is 37.2 Å². The summed E-state index contributed by atoms with van der Waals surface area (Å²) in [5, 5.41) is 0. The molecule has 0 aromatic heterocycles.